The van der Waals surface area contributed by atoms with Gasteiger partial charge in [-0.3, -0.25) is 29.8 Å². The fourth-order valence-electron chi connectivity index (χ4n) is 4.28. The molecule has 2 saturated heterocycles. The summed E-state index contributed by atoms with van der Waals surface area (Å²) in [7, 11) is 0. The number of nitrogens with one attached hydrogen (secondary N) is 1. The lowest BCUT2D eigenvalue weighted by atomic mass is 10.1. The van der Waals surface area contributed by atoms with Gasteiger partial charge < -0.3 is 9.47 Å². The summed E-state index contributed by atoms with van der Waals surface area (Å²) in [6.07, 6.45) is -1.03. The van der Waals surface area contributed by atoms with Gasteiger partial charge >= 0.3 is 0 Å². The van der Waals surface area contributed by atoms with Crippen molar-refractivity contribution in [2.75, 3.05) is 6.61 Å². The van der Waals surface area contributed by atoms with Crippen molar-refractivity contribution in [1.82, 2.24) is 5.43 Å². The number of thiophene rings is 1. The molecular formula is C19H14N4O8S. The molecule has 2 aliphatic heterocycles. The van der Waals surface area contributed by atoms with Crippen LogP contribution in [0.3, 0.4) is 0 Å². The van der Waals surface area contributed by atoms with Crippen LogP contribution in [-0.2, 0) is 9.47 Å². The van der Waals surface area contributed by atoms with Gasteiger partial charge in [0.25, 0.3) is 17.3 Å². The van der Waals surface area contributed by atoms with Crippen molar-refractivity contribution >= 4 is 40.1 Å². The zero-order valence-electron chi connectivity index (χ0n) is 16.1. The highest BCUT2D eigenvalue weighted by Gasteiger charge is 2.67. The number of ketones is 1. The first-order valence-electron chi connectivity index (χ1n) is 9.51. The van der Waals surface area contributed by atoms with Crippen LogP contribution in [-0.4, -0.2) is 46.2 Å². The van der Waals surface area contributed by atoms with Gasteiger partial charge in [-0.1, -0.05) is 6.07 Å². The van der Waals surface area contributed by atoms with Crippen LogP contribution in [0.2, 0.25) is 0 Å². The minimum atomic E-state index is -0.872. The van der Waals surface area contributed by atoms with Crippen LogP contribution < -0.4 is 5.43 Å². The van der Waals surface area contributed by atoms with E-state index in [1.165, 1.54) is 11.3 Å². The van der Waals surface area contributed by atoms with Gasteiger partial charge in [0.05, 0.1) is 44.8 Å². The number of carbonyl (C=O) groups excluding carboxylic acids is 2. The van der Waals surface area contributed by atoms with Crippen LogP contribution in [0, 0.1) is 38.0 Å². The molecule has 1 aliphatic carbocycles. The molecule has 1 aromatic heterocycles. The molecule has 3 aliphatic rings. The Morgan fingerprint density at radius 1 is 1.16 bits per heavy atom. The summed E-state index contributed by atoms with van der Waals surface area (Å²) in [4.78, 5) is 46.5. The Hall–Kier alpha value is -3.55. The van der Waals surface area contributed by atoms with Crippen LogP contribution in [0.4, 0.5) is 11.4 Å². The van der Waals surface area contributed by atoms with Crippen molar-refractivity contribution in [1.29, 1.82) is 0 Å². The number of nitro benzene ring substituents is 2. The Morgan fingerprint density at radius 3 is 2.50 bits per heavy atom. The monoisotopic (exact) mass is 458 g/mol. The molecule has 1 N–H and O–H groups in total. The number of nitro groups is 2. The average molecular weight is 458 g/mol. The number of hydrogen-bond donors (Lipinski definition) is 1. The van der Waals surface area contributed by atoms with Gasteiger partial charge in [-0.05, 0) is 11.4 Å². The quantitative estimate of drug-likeness (QED) is 0.391. The lowest BCUT2D eigenvalue weighted by molar-refractivity contribution is -0.394. The van der Waals surface area contributed by atoms with Gasteiger partial charge in [-0.15, -0.1) is 11.3 Å². The first kappa shape index (κ1) is 20.4. The highest BCUT2D eigenvalue weighted by molar-refractivity contribution is 7.12. The Kier molecular flexibility index (Phi) is 4.80. The largest absolute Gasteiger partial charge is 0.344 e. The van der Waals surface area contributed by atoms with Gasteiger partial charge in [0.1, 0.15) is 0 Å². The van der Waals surface area contributed by atoms with E-state index in [2.05, 4.69) is 10.5 Å². The second-order valence-corrected chi connectivity index (χ2v) is 8.49. The van der Waals surface area contributed by atoms with Gasteiger partial charge in [-0.2, -0.15) is 5.10 Å². The summed E-state index contributed by atoms with van der Waals surface area (Å²) >= 11 is 1.35. The number of rotatable bonds is 6. The smallest absolute Gasteiger partial charge is 0.277 e. The molecule has 5 unspecified atom stereocenters. The second kappa shape index (κ2) is 7.55. The normalized spacial score (nSPS) is 28.8. The number of carbonyl (C=O) groups is 2. The lowest BCUT2D eigenvalue weighted by Crippen LogP contribution is -2.33. The molecule has 5 rings (SSSR count). The molecule has 13 heteroatoms. The molecule has 164 valence electrons. The van der Waals surface area contributed by atoms with E-state index in [1.54, 1.807) is 12.1 Å². The highest BCUT2D eigenvalue weighted by Crippen LogP contribution is 2.57. The number of fused-ring (bicyclic) bond motifs is 4. The van der Waals surface area contributed by atoms with E-state index in [1.807, 2.05) is 5.38 Å². The van der Waals surface area contributed by atoms with E-state index in [0.717, 1.165) is 18.2 Å². The fraction of sp³-hybridized carbons (Fsp3) is 0.316. The Morgan fingerprint density at radius 2 is 1.88 bits per heavy atom. The van der Waals surface area contributed by atoms with Gasteiger partial charge in [0, 0.05) is 29.9 Å². The number of amides is 1. The van der Waals surface area contributed by atoms with E-state index in [0.29, 0.717) is 17.2 Å². The zero-order valence-corrected chi connectivity index (χ0v) is 16.9. The maximum atomic E-state index is 12.9. The zero-order chi connectivity index (χ0) is 22.6. The summed E-state index contributed by atoms with van der Waals surface area (Å²) in [6, 6.07) is 6.15. The molecule has 1 amide bonds. The van der Waals surface area contributed by atoms with Crippen LogP contribution >= 0.6 is 11.3 Å². The molecule has 2 bridgehead atoms. The van der Waals surface area contributed by atoms with Gasteiger partial charge in [0.2, 0.25) is 0 Å². The maximum Gasteiger partial charge on any atom is 0.277 e. The third-order valence-electron chi connectivity index (χ3n) is 5.74. The molecule has 5 atom stereocenters. The Balaban J connectivity index is 1.39. The predicted molar refractivity (Wildman–Crippen MR) is 108 cm³/mol. The topological polar surface area (TPSA) is 163 Å². The van der Waals surface area contributed by atoms with Crippen LogP contribution in [0.1, 0.15) is 20.0 Å². The fourth-order valence-corrected chi connectivity index (χ4v) is 4.99. The van der Waals surface area contributed by atoms with Gasteiger partial charge in [-0.25, -0.2) is 5.43 Å². The van der Waals surface area contributed by atoms with Crippen LogP contribution in [0.25, 0.3) is 0 Å². The van der Waals surface area contributed by atoms with E-state index in [9.17, 15) is 29.8 Å². The van der Waals surface area contributed by atoms with Crippen molar-refractivity contribution in [3.63, 3.8) is 0 Å². The van der Waals surface area contributed by atoms with Crippen molar-refractivity contribution in [2.24, 2.45) is 22.9 Å². The SMILES string of the molecule is O=C(NN=C1C2OCC(O2)C2C(C(=O)c3cccs3)C12)c1cc([N+](=O)[O-])cc([N+](=O)[O-])c1. The van der Waals surface area contributed by atoms with E-state index in [-0.39, 0.29) is 35.2 Å². The summed E-state index contributed by atoms with van der Waals surface area (Å²) in [6.45, 7) is 0.310. The number of benzene rings is 1. The number of nitrogens with zero attached hydrogens (tertiary/aromatic N) is 3. The van der Waals surface area contributed by atoms with Crippen molar-refractivity contribution in [3.05, 3.63) is 66.4 Å². The third-order valence-corrected chi connectivity index (χ3v) is 6.62. The number of hydrogen-bond acceptors (Lipinski definition) is 10. The molecule has 3 fully saturated rings. The van der Waals surface area contributed by atoms with E-state index >= 15 is 0 Å². The molecule has 1 saturated carbocycles. The molecule has 12 nitrogen and oxygen atoms in total. The third kappa shape index (κ3) is 3.36. The number of hydrazone groups is 1. The highest BCUT2D eigenvalue weighted by atomic mass is 32.1. The predicted octanol–water partition coefficient (Wildman–Crippen LogP) is 2.15. The van der Waals surface area contributed by atoms with E-state index < -0.39 is 33.4 Å². The van der Waals surface area contributed by atoms with Crippen LogP contribution in [0.5, 0.6) is 0 Å². The summed E-state index contributed by atoms with van der Waals surface area (Å²) in [5.41, 5.74) is 1.14. The molecule has 0 spiro atoms. The summed E-state index contributed by atoms with van der Waals surface area (Å²) in [5, 5.41) is 28.0. The molecule has 32 heavy (non-hydrogen) atoms. The van der Waals surface area contributed by atoms with E-state index in [4.69, 9.17) is 9.47 Å². The Bertz CT molecular complexity index is 1150. The minimum Gasteiger partial charge on any atom is -0.344 e. The first-order chi connectivity index (χ1) is 15.3. The molecular weight excluding hydrogens is 444 g/mol. The van der Waals surface area contributed by atoms with Crippen molar-refractivity contribution in [2.45, 2.75) is 12.4 Å². The summed E-state index contributed by atoms with van der Waals surface area (Å²) < 4.78 is 11.3. The molecule has 2 aromatic rings. The van der Waals surface area contributed by atoms with Gasteiger partial charge in [0.15, 0.2) is 12.1 Å². The molecule has 0 radical (unpaired) electrons. The van der Waals surface area contributed by atoms with Crippen molar-refractivity contribution in [3.8, 4) is 0 Å². The second-order valence-electron chi connectivity index (χ2n) is 7.54. The van der Waals surface area contributed by atoms with Crippen LogP contribution in [0.15, 0.2) is 40.8 Å². The maximum absolute atomic E-state index is 12.9. The first-order valence-corrected chi connectivity index (χ1v) is 10.4. The minimum absolute atomic E-state index is 0.0144. The number of ether oxygens (including phenoxy) is 2. The lowest BCUT2D eigenvalue weighted by Gasteiger charge is -2.18. The number of non-ortho nitro benzene ring substituents is 2. The standard InChI is InChI=1S/C19H14N4O8S/c24-17(12-2-1-3-32-12)15-13-11-7-30-19(31-11)16(14(13)15)20-21-18(25)8-4-9(22(26)27)6-10(5-8)23(28)29/h1-6,11,13-15,19H,7H2,(H,21,25). The average Bonchev–Trinajstić information content (AvgIpc) is 3.12. The molecule has 3 heterocycles. The molecule has 1 aromatic carbocycles. The van der Waals surface area contributed by atoms with Crippen molar-refractivity contribution < 1.29 is 28.9 Å². The summed E-state index contributed by atoms with van der Waals surface area (Å²) in [5.74, 6) is -1.59. The number of Topliss-reactive ketones (excluding diaryl/α,β-unsaturated/α-hetero) is 1. The Labute approximate surface area is 183 Å².